The zero-order valence-corrected chi connectivity index (χ0v) is 21.9. The van der Waals surface area contributed by atoms with Crippen molar-refractivity contribution < 1.29 is 19.1 Å². The number of nitrogens with one attached hydrogen (secondary N) is 1. The van der Waals surface area contributed by atoms with Crippen molar-refractivity contribution in [3.63, 3.8) is 0 Å². The Kier molecular flexibility index (Phi) is 7.79. The summed E-state index contributed by atoms with van der Waals surface area (Å²) in [6.45, 7) is 8.40. The van der Waals surface area contributed by atoms with Crippen LogP contribution in [0.4, 0.5) is 10.1 Å². The second-order valence-electron chi connectivity index (χ2n) is 10.8. The Morgan fingerprint density at radius 3 is 2.41 bits per heavy atom. The summed E-state index contributed by atoms with van der Waals surface area (Å²) in [4.78, 5) is 29.1. The molecule has 1 unspecified atom stereocenters. The predicted molar refractivity (Wildman–Crippen MR) is 144 cm³/mol. The lowest BCUT2D eigenvalue weighted by molar-refractivity contribution is -0.123. The van der Waals surface area contributed by atoms with Crippen molar-refractivity contribution in [2.24, 2.45) is 5.92 Å². The second-order valence-corrected chi connectivity index (χ2v) is 10.8. The summed E-state index contributed by atoms with van der Waals surface area (Å²) in [5.41, 5.74) is 3.87. The molecule has 1 fully saturated rings. The number of hydrogen-bond acceptors (Lipinski definition) is 3. The van der Waals surface area contributed by atoms with E-state index in [0.29, 0.717) is 30.6 Å². The highest BCUT2D eigenvalue weighted by molar-refractivity contribution is 5.98. The molecule has 0 saturated carbocycles. The third-order valence-electron chi connectivity index (χ3n) is 7.16. The van der Waals surface area contributed by atoms with E-state index in [0.717, 1.165) is 16.7 Å². The molecular formula is C31H35FN2O3. The van der Waals surface area contributed by atoms with Crippen LogP contribution in [0.1, 0.15) is 72.3 Å². The van der Waals surface area contributed by atoms with Crippen LogP contribution < -0.4 is 5.32 Å². The van der Waals surface area contributed by atoms with Gasteiger partial charge in [0.25, 0.3) is 5.91 Å². The van der Waals surface area contributed by atoms with E-state index in [9.17, 15) is 19.1 Å². The Balaban J connectivity index is 1.71. The van der Waals surface area contributed by atoms with Crippen LogP contribution >= 0.6 is 0 Å². The van der Waals surface area contributed by atoms with E-state index in [1.807, 2.05) is 36.4 Å². The van der Waals surface area contributed by atoms with Crippen LogP contribution in [0.2, 0.25) is 0 Å². The van der Waals surface area contributed by atoms with Gasteiger partial charge in [0.1, 0.15) is 5.82 Å². The van der Waals surface area contributed by atoms with Gasteiger partial charge in [0.15, 0.2) is 0 Å². The lowest BCUT2D eigenvalue weighted by Crippen LogP contribution is -2.46. The molecule has 0 bridgehead atoms. The molecule has 1 aliphatic heterocycles. The van der Waals surface area contributed by atoms with Gasteiger partial charge in [0, 0.05) is 12.2 Å². The molecule has 0 aliphatic carbocycles. The molecular weight excluding hydrogens is 467 g/mol. The van der Waals surface area contributed by atoms with Crippen LogP contribution in [0.15, 0.2) is 66.7 Å². The minimum absolute atomic E-state index is 0.0402. The molecule has 194 valence electrons. The summed E-state index contributed by atoms with van der Waals surface area (Å²) in [5.74, 6) is -1.68. The minimum atomic E-state index is -0.571. The van der Waals surface area contributed by atoms with Crippen molar-refractivity contribution in [3.8, 4) is 0 Å². The minimum Gasteiger partial charge on any atom is -0.392 e. The first-order valence-corrected chi connectivity index (χ1v) is 12.8. The Morgan fingerprint density at radius 1 is 1.05 bits per heavy atom. The van der Waals surface area contributed by atoms with Crippen LogP contribution in [-0.4, -0.2) is 28.4 Å². The van der Waals surface area contributed by atoms with Crippen molar-refractivity contribution in [2.75, 3.05) is 11.9 Å². The normalized spacial score (nSPS) is 17.9. The van der Waals surface area contributed by atoms with Gasteiger partial charge in [0.05, 0.1) is 24.1 Å². The lowest BCUT2D eigenvalue weighted by atomic mass is 9.83. The summed E-state index contributed by atoms with van der Waals surface area (Å²) in [6.07, 6.45) is 1.22. The van der Waals surface area contributed by atoms with Gasteiger partial charge in [-0.15, -0.1) is 0 Å². The molecule has 6 heteroatoms. The molecule has 3 aromatic carbocycles. The third kappa shape index (κ3) is 5.75. The standard InChI is InChI=1S/C31H35FN2O3/c1-20-8-5-12-26(32)27(20)30(37)34-17-7-11-25(28(34)22-15-13-21(19-35)14-16-22)29(36)33-24-10-6-9-23(18-24)31(2,3)4/h5-6,8-10,12-16,18,25,28,35H,7,11,17,19H2,1-4H3,(H,33,36)/t25-,28?/m0/s1. The topological polar surface area (TPSA) is 69.6 Å². The first kappa shape index (κ1) is 26.6. The van der Waals surface area contributed by atoms with Crippen LogP contribution in [0.3, 0.4) is 0 Å². The molecule has 37 heavy (non-hydrogen) atoms. The zero-order chi connectivity index (χ0) is 26.7. The van der Waals surface area contributed by atoms with Crippen molar-refractivity contribution in [3.05, 3.63) is 100 Å². The summed E-state index contributed by atoms with van der Waals surface area (Å²) in [5, 5.41) is 12.6. The monoisotopic (exact) mass is 502 g/mol. The second kappa shape index (κ2) is 10.9. The fourth-order valence-corrected chi connectivity index (χ4v) is 5.08. The first-order chi connectivity index (χ1) is 17.6. The number of aliphatic hydroxyl groups is 1. The number of halogens is 1. The molecule has 5 nitrogen and oxygen atoms in total. The lowest BCUT2D eigenvalue weighted by Gasteiger charge is -2.41. The number of likely N-dealkylation sites (tertiary alicyclic amines) is 1. The number of piperidine rings is 1. The van der Waals surface area contributed by atoms with E-state index < -0.39 is 23.7 Å². The first-order valence-electron chi connectivity index (χ1n) is 12.8. The maximum absolute atomic E-state index is 14.8. The SMILES string of the molecule is Cc1cccc(F)c1C(=O)N1CCC[C@H](C(=O)Nc2cccc(C(C)(C)C)c2)C1c1ccc(CO)cc1. The smallest absolute Gasteiger partial charge is 0.257 e. The fourth-order valence-electron chi connectivity index (χ4n) is 5.08. The maximum atomic E-state index is 14.8. The van der Waals surface area contributed by atoms with Gasteiger partial charge in [-0.05, 0) is 65.6 Å². The Hall–Kier alpha value is -3.51. The average Bonchev–Trinajstić information content (AvgIpc) is 2.87. The molecule has 4 rings (SSSR count). The number of rotatable bonds is 5. The van der Waals surface area contributed by atoms with Gasteiger partial charge >= 0.3 is 0 Å². The van der Waals surface area contributed by atoms with Crippen molar-refractivity contribution >= 4 is 17.5 Å². The number of nitrogens with zero attached hydrogens (tertiary/aromatic N) is 1. The molecule has 2 N–H and O–H groups in total. The van der Waals surface area contributed by atoms with E-state index in [1.165, 1.54) is 6.07 Å². The molecule has 2 amide bonds. The molecule has 2 atom stereocenters. The number of carbonyl (C=O) groups excluding carboxylic acids is 2. The van der Waals surface area contributed by atoms with Gasteiger partial charge in [0.2, 0.25) is 5.91 Å². The number of amides is 2. The third-order valence-corrected chi connectivity index (χ3v) is 7.16. The molecule has 3 aromatic rings. The van der Waals surface area contributed by atoms with Crippen molar-refractivity contribution in [1.82, 2.24) is 4.90 Å². The van der Waals surface area contributed by atoms with Gasteiger partial charge < -0.3 is 15.3 Å². The maximum Gasteiger partial charge on any atom is 0.257 e. The highest BCUT2D eigenvalue weighted by atomic mass is 19.1. The number of aryl methyl sites for hydroxylation is 1. The Morgan fingerprint density at radius 2 is 1.76 bits per heavy atom. The summed E-state index contributed by atoms with van der Waals surface area (Å²) in [6, 6.07) is 19.1. The van der Waals surface area contributed by atoms with E-state index in [4.69, 9.17) is 0 Å². The highest BCUT2D eigenvalue weighted by Gasteiger charge is 2.40. The molecule has 1 heterocycles. The van der Waals surface area contributed by atoms with Crippen LogP contribution in [0.5, 0.6) is 0 Å². The molecule has 0 spiro atoms. The molecule has 1 saturated heterocycles. The average molecular weight is 503 g/mol. The van der Waals surface area contributed by atoms with Crippen LogP contribution in [0, 0.1) is 18.7 Å². The van der Waals surface area contributed by atoms with Gasteiger partial charge in [-0.25, -0.2) is 4.39 Å². The van der Waals surface area contributed by atoms with Crippen molar-refractivity contribution in [2.45, 2.75) is 58.6 Å². The number of benzene rings is 3. The van der Waals surface area contributed by atoms with E-state index in [-0.39, 0.29) is 23.5 Å². The van der Waals surface area contributed by atoms with Crippen LogP contribution in [0.25, 0.3) is 0 Å². The van der Waals surface area contributed by atoms with Gasteiger partial charge in [-0.3, -0.25) is 9.59 Å². The van der Waals surface area contributed by atoms with Gasteiger partial charge in [-0.1, -0.05) is 69.3 Å². The highest BCUT2D eigenvalue weighted by Crippen LogP contribution is 2.39. The zero-order valence-electron chi connectivity index (χ0n) is 21.9. The molecule has 1 aliphatic rings. The number of aliphatic hydroxyl groups excluding tert-OH is 1. The molecule has 0 aromatic heterocycles. The Labute approximate surface area is 218 Å². The van der Waals surface area contributed by atoms with E-state index in [2.05, 4.69) is 26.1 Å². The predicted octanol–water partition coefficient (Wildman–Crippen LogP) is 6.16. The van der Waals surface area contributed by atoms with E-state index in [1.54, 1.807) is 36.1 Å². The van der Waals surface area contributed by atoms with Gasteiger partial charge in [-0.2, -0.15) is 0 Å². The summed E-state index contributed by atoms with van der Waals surface area (Å²) >= 11 is 0. The number of anilines is 1. The summed E-state index contributed by atoms with van der Waals surface area (Å²) in [7, 11) is 0. The van der Waals surface area contributed by atoms with Crippen LogP contribution in [-0.2, 0) is 16.8 Å². The molecule has 0 radical (unpaired) electrons. The number of carbonyl (C=O) groups is 2. The Bertz CT molecular complexity index is 1260. The van der Waals surface area contributed by atoms with Crippen molar-refractivity contribution in [1.29, 1.82) is 0 Å². The van der Waals surface area contributed by atoms with E-state index >= 15 is 0 Å². The quantitative estimate of drug-likeness (QED) is 0.439. The summed E-state index contributed by atoms with van der Waals surface area (Å²) < 4.78 is 14.8. The largest absolute Gasteiger partial charge is 0.392 e. The number of hydrogen-bond donors (Lipinski definition) is 2. The fraction of sp³-hybridized carbons (Fsp3) is 0.355.